The number of allylic oxidation sites excluding steroid dienone is 1. The van der Waals surface area contributed by atoms with Gasteiger partial charge in [-0.2, -0.15) is 0 Å². The molecular formula is C18H16Cl2F2N2O. The van der Waals surface area contributed by atoms with Gasteiger partial charge in [0.05, 0.1) is 5.69 Å². The van der Waals surface area contributed by atoms with Gasteiger partial charge in [0.15, 0.2) is 5.67 Å². The van der Waals surface area contributed by atoms with E-state index in [9.17, 15) is 9.50 Å². The van der Waals surface area contributed by atoms with Gasteiger partial charge < -0.3 is 5.11 Å². The zero-order chi connectivity index (χ0) is 18.2. The Balaban J connectivity index is 1.83. The van der Waals surface area contributed by atoms with Gasteiger partial charge in [0.1, 0.15) is 12.0 Å². The van der Waals surface area contributed by atoms with E-state index in [0.29, 0.717) is 12.1 Å². The molecule has 2 atom stereocenters. The van der Waals surface area contributed by atoms with Crippen molar-refractivity contribution in [3.8, 4) is 0 Å². The number of rotatable bonds is 4. The van der Waals surface area contributed by atoms with Crippen LogP contribution in [0.1, 0.15) is 29.7 Å². The number of nitrogens with zero attached hydrogens (tertiary/aromatic N) is 1. The second-order valence-electron chi connectivity index (χ2n) is 6.00. The SMILES string of the molecule is C=C1CC[C@@](F)(C(O)NCc2c(F)cc(Cl)cc2Cl)c2cccnc21. The van der Waals surface area contributed by atoms with Gasteiger partial charge in [0, 0.05) is 33.9 Å². The number of aliphatic hydroxyl groups is 1. The lowest BCUT2D eigenvalue weighted by atomic mass is 9.79. The number of benzene rings is 1. The van der Waals surface area contributed by atoms with Crippen LogP contribution in [0.2, 0.25) is 10.0 Å². The number of aromatic nitrogens is 1. The van der Waals surface area contributed by atoms with Crippen molar-refractivity contribution in [1.29, 1.82) is 0 Å². The van der Waals surface area contributed by atoms with Crippen LogP contribution in [-0.4, -0.2) is 16.3 Å². The lowest BCUT2D eigenvalue weighted by Gasteiger charge is -2.36. The van der Waals surface area contributed by atoms with E-state index in [1.54, 1.807) is 18.3 Å². The number of alkyl halides is 1. The summed E-state index contributed by atoms with van der Waals surface area (Å²) in [5.74, 6) is -0.621. The third-order valence-electron chi connectivity index (χ3n) is 4.39. The first-order valence-electron chi connectivity index (χ1n) is 7.70. The average Bonchev–Trinajstić information content (AvgIpc) is 2.57. The molecule has 0 radical (unpaired) electrons. The molecule has 7 heteroatoms. The molecule has 1 unspecified atom stereocenters. The maximum atomic E-state index is 15.6. The number of pyridine rings is 1. The van der Waals surface area contributed by atoms with E-state index in [0.717, 1.165) is 11.6 Å². The lowest BCUT2D eigenvalue weighted by molar-refractivity contribution is -0.0428. The normalized spacial score (nSPS) is 21.1. The Morgan fingerprint density at radius 2 is 2.16 bits per heavy atom. The highest BCUT2D eigenvalue weighted by molar-refractivity contribution is 6.35. The van der Waals surface area contributed by atoms with Crippen molar-refractivity contribution in [2.75, 3.05) is 0 Å². The van der Waals surface area contributed by atoms with Crippen LogP contribution < -0.4 is 5.32 Å². The fourth-order valence-electron chi connectivity index (χ4n) is 2.99. The number of halogens is 4. The van der Waals surface area contributed by atoms with E-state index in [-0.39, 0.29) is 34.1 Å². The third-order valence-corrected chi connectivity index (χ3v) is 4.95. The van der Waals surface area contributed by atoms with Crippen molar-refractivity contribution in [2.45, 2.75) is 31.3 Å². The molecule has 2 N–H and O–H groups in total. The lowest BCUT2D eigenvalue weighted by Crippen LogP contribution is -2.47. The Hall–Kier alpha value is -1.53. The summed E-state index contributed by atoms with van der Waals surface area (Å²) in [7, 11) is 0. The molecule has 1 aromatic carbocycles. The van der Waals surface area contributed by atoms with E-state index >= 15 is 4.39 Å². The molecule has 132 valence electrons. The highest BCUT2D eigenvalue weighted by atomic mass is 35.5. The molecule has 0 saturated heterocycles. The Bertz CT molecular complexity index is 807. The second kappa shape index (κ2) is 7.00. The van der Waals surface area contributed by atoms with Gasteiger partial charge in [0.2, 0.25) is 0 Å². The molecule has 0 bridgehead atoms. The maximum absolute atomic E-state index is 15.6. The monoisotopic (exact) mass is 384 g/mol. The highest BCUT2D eigenvalue weighted by Crippen LogP contribution is 2.43. The van der Waals surface area contributed by atoms with Crippen molar-refractivity contribution in [3.63, 3.8) is 0 Å². The summed E-state index contributed by atoms with van der Waals surface area (Å²) in [6.07, 6.45) is 0.415. The summed E-state index contributed by atoms with van der Waals surface area (Å²) in [5, 5.41) is 13.3. The van der Waals surface area contributed by atoms with Gasteiger partial charge in [-0.25, -0.2) is 8.78 Å². The van der Waals surface area contributed by atoms with Crippen molar-refractivity contribution < 1.29 is 13.9 Å². The maximum Gasteiger partial charge on any atom is 0.177 e. The summed E-state index contributed by atoms with van der Waals surface area (Å²) < 4.78 is 29.5. The number of aliphatic hydroxyl groups excluding tert-OH is 1. The van der Waals surface area contributed by atoms with Gasteiger partial charge in [-0.1, -0.05) is 35.8 Å². The molecule has 25 heavy (non-hydrogen) atoms. The first kappa shape index (κ1) is 18.3. The minimum Gasteiger partial charge on any atom is -0.375 e. The van der Waals surface area contributed by atoms with Gasteiger partial charge in [0.25, 0.3) is 0 Å². The van der Waals surface area contributed by atoms with Crippen LogP contribution >= 0.6 is 23.2 Å². The van der Waals surface area contributed by atoms with Crippen molar-refractivity contribution in [2.24, 2.45) is 0 Å². The van der Waals surface area contributed by atoms with Crippen molar-refractivity contribution in [1.82, 2.24) is 10.3 Å². The zero-order valence-corrected chi connectivity index (χ0v) is 14.7. The predicted molar refractivity (Wildman–Crippen MR) is 94.6 cm³/mol. The molecule has 0 saturated carbocycles. The molecule has 1 aliphatic carbocycles. The van der Waals surface area contributed by atoms with E-state index in [4.69, 9.17) is 23.2 Å². The molecular weight excluding hydrogens is 369 g/mol. The summed E-state index contributed by atoms with van der Waals surface area (Å²) >= 11 is 11.7. The molecule has 0 spiro atoms. The summed E-state index contributed by atoms with van der Waals surface area (Å²) in [5.41, 5.74) is -0.495. The topological polar surface area (TPSA) is 45.1 Å². The molecule has 1 aliphatic rings. The van der Waals surface area contributed by atoms with Crippen LogP contribution in [-0.2, 0) is 12.2 Å². The van der Waals surface area contributed by atoms with Crippen LogP contribution in [0.15, 0.2) is 37.0 Å². The highest BCUT2D eigenvalue weighted by Gasteiger charge is 2.44. The molecule has 0 aliphatic heterocycles. The standard InChI is InChI=1S/C18H16Cl2F2N2O/c1-10-4-5-18(22,13-3-2-6-23-16(10)13)17(25)24-9-12-14(20)7-11(19)8-15(12)21/h2-3,6-8,17,24-25H,1,4-5,9H2/t17?,18-/m0/s1. The quantitative estimate of drug-likeness (QED) is 0.756. The Labute approximate surface area is 154 Å². The van der Waals surface area contributed by atoms with Gasteiger partial charge >= 0.3 is 0 Å². The van der Waals surface area contributed by atoms with Crippen LogP contribution in [0, 0.1) is 5.82 Å². The molecule has 3 rings (SSSR count). The molecule has 2 aromatic rings. The Morgan fingerprint density at radius 3 is 2.88 bits per heavy atom. The summed E-state index contributed by atoms with van der Waals surface area (Å²) in [6, 6.07) is 5.69. The van der Waals surface area contributed by atoms with Gasteiger partial charge in [-0.15, -0.1) is 0 Å². The van der Waals surface area contributed by atoms with Crippen molar-refractivity contribution in [3.05, 3.63) is 69.7 Å². The van der Waals surface area contributed by atoms with Crippen molar-refractivity contribution >= 4 is 28.8 Å². The van der Waals surface area contributed by atoms with Crippen LogP contribution in [0.5, 0.6) is 0 Å². The minimum atomic E-state index is -2.06. The third kappa shape index (κ3) is 3.42. The number of nitrogens with one attached hydrogen (secondary N) is 1. The van der Waals surface area contributed by atoms with E-state index < -0.39 is 17.7 Å². The van der Waals surface area contributed by atoms with Crippen LogP contribution in [0.25, 0.3) is 5.57 Å². The number of hydrogen-bond acceptors (Lipinski definition) is 3. The molecule has 0 fully saturated rings. The fourth-order valence-corrected chi connectivity index (χ4v) is 3.53. The van der Waals surface area contributed by atoms with Crippen LogP contribution in [0.3, 0.4) is 0 Å². The first-order valence-corrected chi connectivity index (χ1v) is 8.46. The van der Waals surface area contributed by atoms with E-state index in [2.05, 4.69) is 16.9 Å². The summed E-state index contributed by atoms with van der Waals surface area (Å²) in [4.78, 5) is 4.16. The van der Waals surface area contributed by atoms with E-state index in [1.807, 2.05) is 0 Å². The minimum absolute atomic E-state index is 0.0511. The van der Waals surface area contributed by atoms with Gasteiger partial charge in [-0.3, -0.25) is 10.3 Å². The van der Waals surface area contributed by atoms with Crippen LogP contribution in [0.4, 0.5) is 8.78 Å². The summed E-state index contributed by atoms with van der Waals surface area (Å²) in [6.45, 7) is 3.75. The average molecular weight is 385 g/mol. The Kier molecular flexibility index (Phi) is 5.11. The predicted octanol–water partition coefficient (Wildman–Crippen LogP) is 4.61. The van der Waals surface area contributed by atoms with E-state index in [1.165, 1.54) is 6.07 Å². The molecule has 0 amide bonds. The van der Waals surface area contributed by atoms with Gasteiger partial charge in [-0.05, 0) is 36.6 Å². The fraction of sp³-hybridized carbons (Fsp3) is 0.278. The molecule has 1 aromatic heterocycles. The Morgan fingerprint density at radius 1 is 1.40 bits per heavy atom. The zero-order valence-electron chi connectivity index (χ0n) is 13.2. The molecule has 1 heterocycles. The second-order valence-corrected chi connectivity index (χ2v) is 6.84. The first-order chi connectivity index (χ1) is 11.8. The number of fused-ring (bicyclic) bond motifs is 1. The number of hydrogen-bond donors (Lipinski definition) is 2. The largest absolute Gasteiger partial charge is 0.375 e. The molecule has 3 nitrogen and oxygen atoms in total. The smallest absolute Gasteiger partial charge is 0.177 e.